The summed E-state index contributed by atoms with van der Waals surface area (Å²) in [5.41, 5.74) is 1.85. The van der Waals surface area contributed by atoms with Gasteiger partial charge in [-0.3, -0.25) is 4.79 Å². The van der Waals surface area contributed by atoms with E-state index in [1.54, 1.807) is 16.8 Å². The summed E-state index contributed by atoms with van der Waals surface area (Å²) in [6.07, 6.45) is 3.70. The van der Waals surface area contributed by atoms with E-state index in [9.17, 15) is 14.3 Å². The zero-order valence-corrected chi connectivity index (χ0v) is 15.0. The SMILES string of the molecule is CCCC[C@@H](Sc1ncnc2c1nnn2Cc1ccc(F)cc1)C(=O)O. The van der Waals surface area contributed by atoms with E-state index in [1.165, 1.54) is 30.2 Å². The average molecular weight is 375 g/mol. The van der Waals surface area contributed by atoms with Crippen molar-refractivity contribution in [1.29, 1.82) is 0 Å². The van der Waals surface area contributed by atoms with Crippen LogP contribution in [0.1, 0.15) is 31.7 Å². The number of nitrogens with zero attached hydrogens (tertiary/aromatic N) is 5. The molecule has 0 aliphatic carbocycles. The quantitative estimate of drug-likeness (QED) is 0.477. The Kier molecular flexibility index (Phi) is 5.77. The van der Waals surface area contributed by atoms with E-state index in [4.69, 9.17) is 0 Å². The van der Waals surface area contributed by atoms with Gasteiger partial charge in [0, 0.05) is 0 Å². The van der Waals surface area contributed by atoms with Crippen LogP contribution in [0.5, 0.6) is 0 Å². The minimum atomic E-state index is -0.867. The molecule has 0 fully saturated rings. The van der Waals surface area contributed by atoms with Crippen LogP contribution < -0.4 is 0 Å². The van der Waals surface area contributed by atoms with E-state index >= 15 is 0 Å². The van der Waals surface area contributed by atoms with Crippen LogP contribution in [0.15, 0.2) is 35.6 Å². The summed E-state index contributed by atoms with van der Waals surface area (Å²) in [6.45, 7) is 2.41. The van der Waals surface area contributed by atoms with Crippen molar-refractivity contribution in [3.05, 3.63) is 42.0 Å². The molecule has 0 saturated heterocycles. The maximum Gasteiger partial charge on any atom is 0.317 e. The van der Waals surface area contributed by atoms with Gasteiger partial charge in [-0.05, 0) is 24.1 Å². The smallest absolute Gasteiger partial charge is 0.317 e. The molecule has 0 aliphatic heterocycles. The first-order valence-electron chi connectivity index (χ1n) is 8.26. The maximum absolute atomic E-state index is 13.0. The first-order valence-corrected chi connectivity index (χ1v) is 9.14. The third kappa shape index (κ3) is 4.16. The molecule has 0 spiro atoms. The Morgan fingerprint density at radius 1 is 1.31 bits per heavy atom. The Balaban J connectivity index is 1.85. The number of aromatic nitrogens is 5. The van der Waals surface area contributed by atoms with Crippen LogP contribution in [0.2, 0.25) is 0 Å². The number of thioether (sulfide) groups is 1. The molecule has 0 aliphatic rings. The van der Waals surface area contributed by atoms with Crippen LogP contribution in [0.3, 0.4) is 0 Å². The van der Waals surface area contributed by atoms with Gasteiger partial charge in [-0.15, -0.1) is 5.10 Å². The number of unbranched alkanes of at least 4 members (excludes halogenated alkanes) is 1. The monoisotopic (exact) mass is 375 g/mol. The molecule has 136 valence electrons. The zero-order chi connectivity index (χ0) is 18.5. The minimum Gasteiger partial charge on any atom is -0.480 e. The van der Waals surface area contributed by atoms with Gasteiger partial charge in [0.05, 0.1) is 6.54 Å². The highest BCUT2D eigenvalue weighted by molar-refractivity contribution is 8.00. The highest BCUT2D eigenvalue weighted by atomic mass is 32.2. The molecule has 1 N–H and O–H groups in total. The summed E-state index contributed by atoms with van der Waals surface area (Å²) in [5, 5.41) is 17.6. The van der Waals surface area contributed by atoms with E-state index in [1.807, 2.05) is 6.92 Å². The number of hydrogen-bond donors (Lipinski definition) is 1. The second-order valence-electron chi connectivity index (χ2n) is 5.81. The Labute approximate surface area is 153 Å². The molecule has 0 saturated carbocycles. The Morgan fingerprint density at radius 2 is 2.08 bits per heavy atom. The van der Waals surface area contributed by atoms with E-state index in [-0.39, 0.29) is 5.82 Å². The molecule has 0 unspecified atom stereocenters. The van der Waals surface area contributed by atoms with Gasteiger partial charge < -0.3 is 5.11 Å². The van der Waals surface area contributed by atoms with Crippen molar-refractivity contribution < 1.29 is 14.3 Å². The summed E-state index contributed by atoms with van der Waals surface area (Å²) in [6, 6.07) is 6.11. The number of aliphatic carboxylic acids is 1. The number of fused-ring (bicyclic) bond motifs is 1. The van der Waals surface area contributed by atoms with Gasteiger partial charge in [0.25, 0.3) is 0 Å². The maximum atomic E-state index is 13.0. The molecule has 26 heavy (non-hydrogen) atoms. The second kappa shape index (κ2) is 8.22. The largest absolute Gasteiger partial charge is 0.480 e. The van der Waals surface area contributed by atoms with Gasteiger partial charge in [0.2, 0.25) is 0 Å². The number of hydrogen-bond acceptors (Lipinski definition) is 6. The molecular weight excluding hydrogens is 357 g/mol. The molecule has 0 bridgehead atoms. The molecular formula is C17H18FN5O2S. The van der Waals surface area contributed by atoms with Crippen molar-refractivity contribution in [3.8, 4) is 0 Å². The Morgan fingerprint density at radius 3 is 2.77 bits per heavy atom. The Bertz CT molecular complexity index is 900. The van der Waals surface area contributed by atoms with Gasteiger partial charge in [0.15, 0.2) is 11.2 Å². The number of benzene rings is 1. The molecule has 7 nitrogen and oxygen atoms in total. The number of rotatable bonds is 8. The summed E-state index contributed by atoms with van der Waals surface area (Å²) in [7, 11) is 0. The first kappa shape index (κ1) is 18.2. The zero-order valence-electron chi connectivity index (χ0n) is 14.2. The molecule has 3 aromatic rings. The van der Waals surface area contributed by atoms with Crippen LogP contribution in [0.25, 0.3) is 11.2 Å². The average Bonchev–Trinajstić information content (AvgIpc) is 3.04. The lowest BCUT2D eigenvalue weighted by Crippen LogP contribution is -2.16. The van der Waals surface area contributed by atoms with Gasteiger partial charge in [-0.1, -0.05) is 48.9 Å². The summed E-state index contributed by atoms with van der Waals surface area (Å²) in [4.78, 5) is 19.9. The number of carboxylic acid groups (broad SMARTS) is 1. The molecule has 3 rings (SSSR count). The lowest BCUT2D eigenvalue weighted by Gasteiger charge is -2.10. The summed E-state index contributed by atoms with van der Waals surface area (Å²) in [5.74, 6) is -1.17. The fourth-order valence-electron chi connectivity index (χ4n) is 2.48. The lowest BCUT2D eigenvalue weighted by atomic mass is 10.2. The minimum absolute atomic E-state index is 0.301. The standard InChI is InChI=1S/C17H18FN5O2S/c1-2-3-4-13(17(24)25)26-16-14-15(19-10-20-16)23(22-21-14)9-11-5-7-12(18)8-6-11/h5-8,10,13H,2-4,9H2,1H3,(H,24,25)/t13-/m1/s1. The first-order chi connectivity index (χ1) is 12.6. The van der Waals surface area contributed by atoms with E-state index in [2.05, 4.69) is 20.3 Å². The molecule has 1 atom stereocenters. The van der Waals surface area contributed by atoms with Crippen LogP contribution in [-0.4, -0.2) is 41.3 Å². The van der Waals surface area contributed by atoms with Gasteiger partial charge >= 0.3 is 5.97 Å². The molecule has 9 heteroatoms. The number of carbonyl (C=O) groups is 1. The predicted molar refractivity (Wildman–Crippen MR) is 95.4 cm³/mol. The predicted octanol–water partition coefficient (Wildman–Crippen LogP) is 3.14. The normalized spacial score (nSPS) is 12.4. The molecule has 2 aromatic heterocycles. The van der Waals surface area contributed by atoms with E-state index in [0.29, 0.717) is 29.2 Å². The van der Waals surface area contributed by atoms with Crippen molar-refractivity contribution in [2.24, 2.45) is 0 Å². The second-order valence-corrected chi connectivity index (χ2v) is 7.00. The molecule has 1 aromatic carbocycles. The van der Waals surface area contributed by atoms with Gasteiger partial charge in [-0.2, -0.15) is 0 Å². The van der Waals surface area contributed by atoms with Crippen LogP contribution in [0.4, 0.5) is 4.39 Å². The summed E-state index contributed by atoms with van der Waals surface area (Å²) >= 11 is 1.17. The highest BCUT2D eigenvalue weighted by Crippen LogP contribution is 2.29. The van der Waals surface area contributed by atoms with Gasteiger partial charge in [-0.25, -0.2) is 19.0 Å². The summed E-state index contributed by atoms with van der Waals surface area (Å²) < 4.78 is 14.6. The topological polar surface area (TPSA) is 93.8 Å². The fourth-order valence-corrected chi connectivity index (χ4v) is 3.49. The van der Waals surface area contributed by atoms with Crippen LogP contribution >= 0.6 is 11.8 Å². The third-order valence-corrected chi connectivity index (χ3v) is 5.11. The molecule has 2 heterocycles. The third-order valence-electron chi connectivity index (χ3n) is 3.86. The number of carboxylic acids is 1. The Hall–Kier alpha value is -2.55. The van der Waals surface area contributed by atoms with Crippen molar-refractivity contribution in [3.63, 3.8) is 0 Å². The van der Waals surface area contributed by atoms with Crippen molar-refractivity contribution in [2.75, 3.05) is 0 Å². The van der Waals surface area contributed by atoms with E-state index < -0.39 is 11.2 Å². The highest BCUT2D eigenvalue weighted by Gasteiger charge is 2.22. The fraction of sp³-hybridized carbons (Fsp3) is 0.353. The molecule has 0 radical (unpaired) electrons. The number of halogens is 1. The van der Waals surface area contributed by atoms with Crippen molar-refractivity contribution in [1.82, 2.24) is 25.0 Å². The van der Waals surface area contributed by atoms with Crippen molar-refractivity contribution in [2.45, 2.75) is 43.0 Å². The lowest BCUT2D eigenvalue weighted by molar-refractivity contribution is -0.136. The van der Waals surface area contributed by atoms with Crippen LogP contribution in [0, 0.1) is 5.82 Å². The van der Waals surface area contributed by atoms with Gasteiger partial charge in [0.1, 0.15) is 22.4 Å². The van der Waals surface area contributed by atoms with Crippen molar-refractivity contribution >= 4 is 28.9 Å². The van der Waals surface area contributed by atoms with E-state index in [0.717, 1.165) is 18.4 Å². The molecule has 0 amide bonds. The van der Waals surface area contributed by atoms with Crippen LogP contribution in [-0.2, 0) is 11.3 Å².